The van der Waals surface area contributed by atoms with E-state index in [2.05, 4.69) is 17.6 Å². The Balaban J connectivity index is 1.56. The lowest BCUT2D eigenvalue weighted by Gasteiger charge is -2.32. The number of rotatable bonds is 6. The second-order valence-electron chi connectivity index (χ2n) is 6.89. The largest absolute Gasteiger partial charge is 0.339 e. The Bertz CT molecular complexity index is 590. The third-order valence-corrected chi connectivity index (χ3v) is 4.91. The molecule has 0 bridgehead atoms. The van der Waals surface area contributed by atoms with Crippen molar-refractivity contribution in [1.29, 1.82) is 0 Å². The van der Waals surface area contributed by atoms with Gasteiger partial charge in [-0.15, -0.1) is 0 Å². The first-order valence-corrected chi connectivity index (χ1v) is 9.08. The molecule has 0 aromatic heterocycles. The number of hydrogen-bond acceptors (Lipinski definition) is 3. The molecule has 1 aromatic rings. The van der Waals surface area contributed by atoms with E-state index in [-0.39, 0.29) is 17.7 Å². The van der Waals surface area contributed by atoms with Gasteiger partial charge >= 0.3 is 0 Å². The van der Waals surface area contributed by atoms with Crippen molar-refractivity contribution in [2.45, 2.75) is 32.6 Å². The molecule has 2 fully saturated rings. The first kappa shape index (κ1) is 17.0. The van der Waals surface area contributed by atoms with Gasteiger partial charge in [0.15, 0.2) is 0 Å². The van der Waals surface area contributed by atoms with E-state index in [1.54, 1.807) is 6.07 Å². The van der Waals surface area contributed by atoms with E-state index >= 15 is 0 Å². The summed E-state index contributed by atoms with van der Waals surface area (Å²) >= 11 is 0. The molecule has 5 heteroatoms. The van der Waals surface area contributed by atoms with E-state index in [1.807, 2.05) is 23.1 Å². The quantitative estimate of drug-likeness (QED) is 0.843. The molecular formula is C19H27N3O2. The van der Waals surface area contributed by atoms with Gasteiger partial charge in [-0.1, -0.05) is 13.0 Å². The summed E-state index contributed by atoms with van der Waals surface area (Å²) in [6.45, 7) is 5.79. The van der Waals surface area contributed by atoms with Gasteiger partial charge in [-0.05, 0) is 62.9 Å². The molecule has 2 amide bonds. The number of hydrogen-bond donors (Lipinski definition) is 2. The zero-order valence-electron chi connectivity index (χ0n) is 14.4. The van der Waals surface area contributed by atoms with Crippen molar-refractivity contribution in [2.75, 3.05) is 31.5 Å². The second kappa shape index (κ2) is 7.79. The van der Waals surface area contributed by atoms with Crippen molar-refractivity contribution in [3.05, 3.63) is 29.8 Å². The summed E-state index contributed by atoms with van der Waals surface area (Å²) in [5, 5.41) is 6.30. The maximum atomic E-state index is 12.7. The minimum absolute atomic E-state index is 0.0689. The van der Waals surface area contributed by atoms with Gasteiger partial charge in [-0.2, -0.15) is 0 Å². The summed E-state index contributed by atoms with van der Waals surface area (Å²) in [6, 6.07) is 7.32. The number of nitrogens with one attached hydrogen (secondary N) is 2. The van der Waals surface area contributed by atoms with Crippen LogP contribution < -0.4 is 10.6 Å². The Hall–Kier alpha value is -1.88. The summed E-state index contributed by atoms with van der Waals surface area (Å²) in [4.78, 5) is 26.5. The number of anilines is 1. The fourth-order valence-electron chi connectivity index (χ4n) is 3.19. The molecule has 0 spiro atoms. The molecule has 1 aromatic carbocycles. The van der Waals surface area contributed by atoms with Crippen LogP contribution in [0.4, 0.5) is 5.69 Å². The van der Waals surface area contributed by atoms with Gasteiger partial charge in [-0.25, -0.2) is 0 Å². The van der Waals surface area contributed by atoms with Crippen LogP contribution in [0.3, 0.4) is 0 Å². The van der Waals surface area contributed by atoms with Crippen molar-refractivity contribution in [3.63, 3.8) is 0 Å². The number of carbonyl (C=O) groups is 2. The highest BCUT2D eigenvalue weighted by atomic mass is 16.2. The van der Waals surface area contributed by atoms with Crippen LogP contribution in [-0.2, 0) is 4.79 Å². The predicted octanol–water partition coefficient (Wildman–Crippen LogP) is 2.50. The molecule has 1 aliphatic heterocycles. The SMILES string of the molecule is CCNCC1CCN(C(=O)c2cccc(NC(=O)C3CC3)c2)CC1. The maximum Gasteiger partial charge on any atom is 0.253 e. The number of nitrogens with zero attached hydrogens (tertiary/aromatic N) is 1. The Morgan fingerprint density at radius 1 is 1.17 bits per heavy atom. The molecule has 24 heavy (non-hydrogen) atoms. The lowest BCUT2D eigenvalue weighted by atomic mass is 9.96. The highest BCUT2D eigenvalue weighted by molar-refractivity contribution is 5.98. The van der Waals surface area contributed by atoms with Gasteiger partial charge in [0.1, 0.15) is 0 Å². The van der Waals surface area contributed by atoms with Crippen molar-refractivity contribution >= 4 is 17.5 Å². The van der Waals surface area contributed by atoms with Gasteiger partial charge < -0.3 is 15.5 Å². The zero-order chi connectivity index (χ0) is 16.9. The fraction of sp³-hybridized carbons (Fsp3) is 0.579. The standard InChI is InChI=1S/C19H27N3O2/c1-2-20-13-14-8-10-22(11-9-14)19(24)16-4-3-5-17(12-16)21-18(23)15-6-7-15/h3-5,12,14-15,20H,2,6-11,13H2,1H3,(H,21,23). The van der Waals surface area contributed by atoms with E-state index in [9.17, 15) is 9.59 Å². The molecule has 1 heterocycles. The minimum Gasteiger partial charge on any atom is -0.339 e. The molecule has 2 N–H and O–H groups in total. The molecule has 1 saturated carbocycles. The first-order valence-electron chi connectivity index (χ1n) is 9.08. The van der Waals surface area contributed by atoms with Crippen LogP contribution in [-0.4, -0.2) is 42.9 Å². The molecular weight excluding hydrogens is 302 g/mol. The molecule has 1 aliphatic carbocycles. The molecule has 1 saturated heterocycles. The average molecular weight is 329 g/mol. The third kappa shape index (κ3) is 4.35. The predicted molar refractivity (Wildman–Crippen MR) is 95.0 cm³/mol. The molecule has 3 rings (SSSR count). The van der Waals surface area contributed by atoms with Gasteiger partial charge in [0.25, 0.3) is 5.91 Å². The molecule has 0 unspecified atom stereocenters. The van der Waals surface area contributed by atoms with Crippen LogP contribution in [0.2, 0.25) is 0 Å². The number of likely N-dealkylation sites (tertiary alicyclic amines) is 1. The highest BCUT2D eigenvalue weighted by Gasteiger charge is 2.29. The van der Waals surface area contributed by atoms with Crippen molar-refractivity contribution in [3.8, 4) is 0 Å². The van der Waals surface area contributed by atoms with Crippen LogP contribution in [0.25, 0.3) is 0 Å². The normalized spacial score (nSPS) is 18.5. The van der Waals surface area contributed by atoms with E-state index in [0.29, 0.717) is 11.5 Å². The molecule has 0 atom stereocenters. The lowest BCUT2D eigenvalue weighted by molar-refractivity contribution is -0.117. The lowest BCUT2D eigenvalue weighted by Crippen LogP contribution is -2.40. The number of amides is 2. The highest BCUT2D eigenvalue weighted by Crippen LogP contribution is 2.30. The van der Waals surface area contributed by atoms with E-state index in [4.69, 9.17) is 0 Å². The number of benzene rings is 1. The second-order valence-corrected chi connectivity index (χ2v) is 6.89. The molecule has 0 radical (unpaired) electrons. The smallest absolute Gasteiger partial charge is 0.253 e. The Morgan fingerprint density at radius 2 is 1.92 bits per heavy atom. The maximum absolute atomic E-state index is 12.7. The van der Waals surface area contributed by atoms with Gasteiger partial charge in [0.2, 0.25) is 5.91 Å². The monoisotopic (exact) mass is 329 g/mol. The zero-order valence-corrected chi connectivity index (χ0v) is 14.4. The van der Waals surface area contributed by atoms with Crippen LogP contribution in [0.1, 0.15) is 43.0 Å². The summed E-state index contributed by atoms with van der Waals surface area (Å²) in [5.41, 5.74) is 1.38. The van der Waals surface area contributed by atoms with Gasteiger partial charge in [0.05, 0.1) is 0 Å². The van der Waals surface area contributed by atoms with Gasteiger partial charge in [-0.3, -0.25) is 9.59 Å². The summed E-state index contributed by atoms with van der Waals surface area (Å²) in [7, 11) is 0. The summed E-state index contributed by atoms with van der Waals surface area (Å²) in [5.74, 6) is 0.974. The van der Waals surface area contributed by atoms with E-state index < -0.39 is 0 Å². The summed E-state index contributed by atoms with van der Waals surface area (Å²) in [6.07, 6.45) is 4.06. The van der Waals surface area contributed by atoms with Crippen LogP contribution in [0.5, 0.6) is 0 Å². The average Bonchev–Trinajstić information content (AvgIpc) is 3.45. The molecule has 130 valence electrons. The van der Waals surface area contributed by atoms with E-state index in [1.165, 1.54) is 0 Å². The first-order chi connectivity index (χ1) is 11.7. The van der Waals surface area contributed by atoms with Crippen molar-refractivity contribution in [1.82, 2.24) is 10.2 Å². The number of piperidine rings is 1. The number of carbonyl (C=O) groups excluding carboxylic acids is 2. The molecule has 2 aliphatic rings. The van der Waals surface area contributed by atoms with Crippen LogP contribution in [0, 0.1) is 11.8 Å². The van der Waals surface area contributed by atoms with E-state index in [0.717, 1.165) is 57.5 Å². The summed E-state index contributed by atoms with van der Waals surface area (Å²) < 4.78 is 0. The Kier molecular flexibility index (Phi) is 5.51. The van der Waals surface area contributed by atoms with Crippen molar-refractivity contribution in [2.24, 2.45) is 11.8 Å². The Labute approximate surface area is 143 Å². The van der Waals surface area contributed by atoms with Crippen LogP contribution >= 0.6 is 0 Å². The fourth-order valence-corrected chi connectivity index (χ4v) is 3.19. The minimum atomic E-state index is 0.0689. The molecule has 5 nitrogen and oxygen atoms in total. The Morgan fingerprint density at radius 3 is 2.58 bits per heavy atom. The van der Waals surface area contributed by atoms with Crippen LogP contribution in [0.15, 0.2) is 24.3 Å². The topological polar surface area (TPSA) is 61.4 Å². The third-order valence-electron chi connectivity index (χ3n) is 4.91. The van der Waals surface area contributed by atoms with Gasteiger partial charge in [0, 0.05) is 30.3 Å². The van der Waals surface area contributed by atoms with Crippen molar-refractivity contribution < 1.29 is 9.59 Å².